The smallest absolute Gasteiger partial charge is 0.203 e. The van der Waals surface area contributed by atoms with Gasteiger partial charge in [-0.25, -0.2) is 34.9 Å². The Balaban J connectivity index is 0.000000156. The normalized spacial score (nSPS) is 14.1. The number of nitrogens with one attached hydrogen (secondary N) is 4. The van der Waals surface area contributed by atoms with Crippen LogP contribution in [0.2, 0.25) is 0 Å². The van der Waals surface area contributed by atoms with Gasteiger partial charge in [0.25, 0.3) is 0 Å². The Morgan fingerprint density at radius 3 is 1.82 bits per heavy atom. The minimum Gasteiger partial charge on any atom is -0.448 e. The first kappa shape index (κ1) is 88.7. The van der Waals surface area contributed by atoms with Crippen molar-refractivity contribution in [2.45, 2.75) is 295 Å². The van der Waals surface area contributed by atoms with E-state index in [2.05, 4.69) is 281 Å². The molecule has 0 radical (unpaired) electrons. The molecular weight excluding hydrogens is 1440 g/mol. The highest BCUT2D eigenvalue weighted by atomic mass is 32.2. The fraction of sp³-hybridized carbons (Fsp3) is 0.570. The molecule has 0 spiro atoms. The van der Waals surface area contributed by atoms with Crippen LogP contribution in [0.4, 0.5) is 5.95 Å². The number of hydrogen-bond donors (Lipinski definition) is 4. The van der Waals surface area contributed by atoms with Crippen LogP contribution in [0.15, 0.2) is 114 Å². The first-order chi connectivity index (χ1) is 53.7. The largest absolute Gasteiger partial charge is 0.448 e. The maximum Gasteiger partial charge on any atom is 0.203 e. The van der Waals surface area contributed by atoms with Crippen LogP contribution >= 0.6 is 23.1 Å². The van der Waals surface area contributed by atoms with Gasteiger partial charge >= 0.3 is 0 Å². The summed E-state index contributed by atoms with van der Waals surface area (Å²) < 4.78 is 28.4. The molecule has 0 saturated carbocycles. The topological polar surface area (TPSA) is 262 Å². The van der Waals surface area contributed by atoms with E-state index in [0.717, 1.165) is 116 Å². The monoisotopic (exact) mass is 1570 g/mol. The predicted molar refractivity (Wildman–Crippen MR) is 458 cm³/mol. The zero-order valence-corrected chi connectivity index (χ0v) is 72.7. The molecule has 0 amide bonds. The molecule has 18 rings (SSSR count). The predicted octanol–water partition coefficient (Wildman–Crippen LogP) is 20.6. The van der Waals surface area contributed by atoms with Crippen molar-refractivity contribution in [1.29, 1.82) is 0 Å². The van der Waals surface area contributed by atoms with E-state index in [9.17, 15) is 0 Å². The zero-order valence-electron chi connectivity index (χ0n) is 71.0. The summed E-state index contributed by atoms with van der Waals surface area (Å²) in [6.45, 7) is 53.0. The summed E-state index contributed by atoms with van der Waals surface area (Å²) in [5, 5.41) is 22.7. The maximum atomic E-state index is 5.31. The summed E-state index contributed by atoms with van der Waals surface area (Å²) in [6.07, 6.45) is 36.8. The lowest BCUT2D eigenvalue weighted by atomic mass is 9.93. The zero-order chi connectivity index (χ0) is 80.8. The molecule has 610 valence electrons. The summed E-state index contributed by atoms with van der Waals surface area (Å²) in [6, 6.07) is 6.15. The van der Waals surface area contributed by atoms with Crippen molar-refractivity contribution in [3.63, 3.8) is 0 Å². The molecule has 0 unspecified atom stereocenters. The van der Waals surface area contributed by atoms with Crippen molar-refractivity contribution >= 4 is 51.8 Å². The average molecular weight is 1570 g/mol. The number of rotatable bonds is 9. The average Bonchev–Trinajstić information content (AvgIpc) is 1.70. The number of thiazole rings is 1. The van der Waals surface area contributed by atoms with Gasteiger partial charge in [0.15, 0.2) is 6.39 Å². The summed E-state index contributed by atoms with van der Waals surface area (Å²) in [4.78, 5) is 38.9. The van der Waals surface area contributed by atoms with Crippen LogP contribution in [-0.2, 0) is 69.2 Å². The van der Waals surface area contributed by atoms with Gasteiger partial charge in [-0.05, 0) is 122 Å². The Hall–Kier alpha value is -8.88. The molecule has 12 aromatic heterocycles. The lowest BCUT2D eigenvalue weighted by Gasteiger charge is -2.14. The maximum absolute atomic E-state index is 5.31. The van der Waals surface area contributed by atoms with Crippen LogP contribution < -0.4 is 10.6 Å². The molecule has 0 atom stereocenters. The highest BCUT2D eigenvalue weighted by Crippen LogP contribution is 2.29. The second-order valence-corrected chi connectivity index (χ2v) is 34.4. The standard InChI is InChI=1S/C10H15NO.C9H13N3.C9H11N3.C9H15N3.C9H14N2O.C9H14N2S.C8H11N3.C7H10N2.C6H9NO.C6H9NS.C4H10/c1-7(2)10-8-5-3-4-6-9(8)12-11-10;2*1-7(2)8-5-12-6-10-4-3-9(12)11-8;1-7(2)8-6-12-5-3-4-10-9(12)11-8;2*1-7(2)8-5-11-3-4-12-6-9(11)10-8;1-5(2)7-3-6-4-9-11-8(6)10-7;1-2-6-9-7(3-1)4-5-8-9;2*1-5(2)6-3-7-4-8-6;1-4(2)3/h7H,3-6H2,1-2H3;3-5,7,10H,6H2,1-2H3;3-7H,1-2H3;6-7H,3-5H2,1-2H3,(H,10,11);2*5,7H,3-4,6H2,1-2H3;3-5H,1-2H3,(H2,9,10,11);4-5H,1-3,6H2;2*3-5H,1-2H3;4H,1-3H3. The van der Waals surface area contributed by atoms with Gasteiger partial charge in [-0.1, -0.05) is 151 Å². The number of imidazole rings is 5. The summed E-state index contributed by atoms with van der Waals surface area (Å²) >= 11 is 3.70. The van der Waals surface area contributed by atoms with Crippen molar-refractivity contribution in [2.75, 3.05) is 24.2 Å². The van der Waals surface area contributed by atoms with Gasteiger partial charge < -0.3 is 47.6 Å². The van der Waals surface area contributed by atoms with Gasteiger partial charge in [0.05, 0.1) is 71.1 Å². The Bertz CT molecular complexity index is 4260. The Morgan fingerprint density at radius 2 is 1.23 bits per heavy atom. The SMILES string of the molecule is CC(C)C.CC(C)c1cc2cn[nH]c2[nH]1.CC(C)c1cn2c(n1)C=CNC2.CC(C)c1cn2c(n1)COCC2.CC(C)c1cn2c(n1)CSCC2.CC(C)c1cn2c(n1)NCCC2.CC(C)c1cn2cnccc2n1.CC(C)c1cnco1.CC(C)c1cncs1.CC(C)c1noc2c1CCCC2.c1cc2n(n1)CCCC2. The number of H-pyrrole nitrogens is 2. The number of anilines is 1. The van der Waals surface area contributed by atoms with Crippen molar-refractivity contribution in [3.8, 4) is 0 Å². The fourth-order valence-corrected chi connectivity index (χ4v) is 13.6. The molecule has 4 N–H and O–H groups in total. The molecule has 5 aliphatic heterocycles. The van der Waals surface area contributed by atoms with Crippen LogP contribution in [0.1, 0.15) is 316 Å². The number of ether oxygens (including phenoxy) is 1. The number of aromatic nitrogens is 19. The lowest BCUT2D eigenvalue weighted by Crippen LogP contribution is -2.16. The fourth-order valence-electron chi connectivity index (χ4n) is 12.1. The Morgan fingerprint density at radius 1 is 0.562 bits per heavy atom. The number of hydrogen-bond acceptors (Lipinski definition) is 18. The molecule has 6 aliphatic rings. The molecule has 0 saturated heterocycles. The van der Waals surface area contributed by atoms with E-state index in [1.54, 1.807) is 30.1 Å². The number of nitrogens with zero attached hydrogens (tertiary/aromatic N) is 17. The van der Waals surface area contributed by atoms with E-state index < -0.39 is 0 Å². The molecule has 26 heteroatoms. The van der Waals surface area contributed by atoms with Gasteiger partial charge in [-0.2, -0.15) is 22.0 Å². The van der Waals surface area contributed by atoms with Gasteiger partial charge in [0.1, 0.15) is 53.2 Å². The summed E-state index contributed by atoms with van der Waals surface area (Å²) in [5.74, 6) is 14.4. The molecule has 0 aromatic carbocycles. The first-order valence-electron chi connectivity index (χ1n) is 40.8. The molecule has 112 heavy (non-hydrogen) atoms. The van der Waals surface area contributed by atoms with Crippen molar-refractivity contribution in [3.05, 3.63) is 190 Å². The van der Waals surface area contributed by atoms with E-state index in [4.69, 9.17) is 13.7 Å². The van der Waals surface area contributed by atoms with E-state index in [0.29, 0.717) is 59.9 Å². The number of fused-ring (bicyclic) bond motifs is 8. The van der Waals surface area contributed by atoms with Crippen LogP contribution in [-0.4, -0.2) is 112 Å². The van der Waals surface area contributed by atoms with E-state index >= 15 is 0 Å². The number of aromatic amines is 2. The van der Waals surface area contributed by atoms with Gasteiger partial charge in [0, 0.05) is 134 Å². The molecule has 0 bridgehead atoms. The third-order valence-corrected chi connectivity index (χ3v) is 20.8. The Labute approximate surface area is 674 Å². The van der Waals surface area contributed by atoms with Gasteiger partial charge in [-0.15, -0.1) is 11.3 Å². The van der Waals surface area contributed by atoms with Crippen LogP contribution in [0.25, 0.3) is 22.8 Å². The summed E-state index contributed by atoms with van der Waals surface area (Å²) in [5.41, 5.74) is 15.0. The molecule has 17 heterocycles. The third kappa shape index (κ3) is 27.8. The highest BCUT2D eigenvalue weighted by molar-refractivity contribution is 7.98. The number of thioether (sulfide) groups is 1. The number of oxazole rings is 1. The summed E-state index contributed by atoms with van der Waals surface area (Å²) in [7, 11) is 0. The van der Waals surface area contributed by atoms with E-state index in [1.165, 1.54) is 113 Å². The molecular formula is C86H131N21O3S2. The Kier molecular flexibility index (Phi) is 35.7. The third-order valence-electron chi connectivity index (χ3n) is 18.8. The minimum absolute atomic E-state index is 0.456. The van der Waals surface area contributed by atoms with Gasteiger partial charge in [-0.3, -0.25) is 19.2 Å². The van der Waals surface area contributed by atoms with Crippen molar-refractivity contribution in [1.82, 2.24) is 98.0 Å². The molecule has 12 aromatic rings. The first-order valence-corrected chi connectivity index (χ1v) is 42.9. The van der Waals surface area contributed by atoms with Gasteiger partial charge in [0.2, 0.25) is 5.95 Å². The lowest BCUT2D eigenvalue weighted by molar-refractivity contribution is 0.0816. The molecule has 24 nitrogen and oxygen atoms in total. The highest BCUT2D eigenvalue weighted by Gasteiger charge is 2.22. The van der Waals surface area contributed by atoms with Crippen LogP contribution in [0, 0.1) is 5.92 Å². The second kappa shape index (κ2) is 45.1. The van der Waals surface area contributed by atoms with Crippen LogP contribution in [0.5, 0.6) is 0 Å². The van der Waals surface area contributed by atoms with E-state index in [1.807, 2.05) is 64.8 Å². The molecule has 1 aliphatic carbocycles. The molecule has 0 fully saturated rings. The van der Waals surface area contributed by atoms with Crippen LogP contribution in [0.3, 0.4) is 0 Å². The van der Waals surface area contributed by atoms with Crippen molar-refractivity contribution < 1.29 is 13.7 Å². The second-order valence-electron chi connectivity index (χ2n) is 32.4. The minimum atomic E-state index is 0.456. The quantitative estimate of drug-likeness (QED) is 0.105. The number of aryl methyl sites for hydroxylation is 5. The van der Waals surface area contributed by atoms with Crippen molar-refractivity contribution in [2.24, 2.45) is 5.92 Å². The van der Waals surface area contributed by atoms with E-state index in [-0.39, 0.29) is 0 Å².